The molecule has 0 unspecified atom stereocenters. The van der Waals surface area contributed by atoms with Crippen LogP contribution in [0.4, 0.5) is 0 Å². The zero-order chi connectivity index (χ0) is 24.1. The number of nitrogens with zero attached hydrogens (tertiary/aromatic N) is 1. The molecule has 0 saturated heterocycles. The lowest BCUT2D eigenvalue weighted by molar-refractivity contribution is 0.0697. The van der Waals surface area contributed by atoms with E-state index >= 15 is 0 Å². The van der Waals surface area contributed by atoms with Crippen LogP contribution in [0.5, 0.6) is 5.75 Å². The second kappa shape index (κ2) is 7.81. The minimum atomic E-state index is -1.07. The number of phenols is 1. The van der Waals surface area contributed by atoms with Gasteiger partial charge in [0.25, 0.3) is 0 Å². The highest BCUT2D eigenvalue weighted by molar-refractivity contribution is 6.22. The van der Waals surface area contributed by atoms with Gasteiger partial charge in [-0.1, -0.05) is 48.5 Å². The first-order valence-electron chi connectivity index (χ1n) is 11.0. The van der Waals surface area contributed by atoms with E-state index in [-0.39, 0.29) is 17.1 Å². The lowest BCUT2D eigenvalue weighted by Gasteiger charge is -2.06. The molecule has 0 atom stereocenters. The van der Waals surface area contributed by atoms with Gasteiger partial charge in [0, 0.05) is 27.8 Å². The number of aromatic carboxylic acids is 1. The number of carboxylic acids is 1. The molecular weight excluding hydrogens is 440 g/mol. The number of phenolic OH excluding ortho intramolecular Hbond substituents is 1. The Morgan fingerprint density at radius 1 is 0.714 bits per heavy atom. The highest BCUT2D eigenvalue weighted by Gasteiger charge is 2.28. The summed E-state index contributed by atoms with van der Waals surface area (Å²) < 4.78 is 0. The van der Waals surface area contributed by atoms with Crippen LogP contribution in [0.1, 0.15) is 26.3 Å². The number of nitrogens with one attached hydrogen (secondary N) is 1. The van der Waals surface area contributed by atoms with Crippen molar-refractivity contribution >= 4 is 11.8 Å². The van der Waals surface area contributed by atoms with E-state index in [1.54, 1.807) is 30.3 Å². The van der Waals surface area contributed by atoms with E-state index in [4.69, 9.17) is 4.98 Å². The molecule has 35 heavy (non-hydrogen) atoms. The van der Waals surface area contributed by atoms with Crippen LogP contribution in [0, 0.1) is 0 Å². The number of hydrogen-bond acceptors (Lipinski definition) is 4. The van der Waals surface area contributed by atoms with Crippen LogP contribution < -0.4 is 0 Å². The Bertz CT molecular complexity index is 1630. The van der Waals surface area contributed by atoms with Crippen molar-refractivity contribution in [2.24, 2.45) is 0 Å². The molecule has 0 aliphatic heterocycles. The predicted octanol–water partition coefficient (Wildman–Crippen LogP) is 6.03. The van der Waals surface area contributed by atoms with Gasteiger partial charge in [0.1, 0.15) is 11.6 Å². The molecule has 6 rings (SSSR count). The summed E-state index contributed by atoms with van der Waals surface area (Å²) in [6, 6.07) is 26.9. The molecule has 6 nitrogen and oxygen atoms in total. The quantitative estimate of drug-likeness (QED) is 0.299. The summed E-state index contributed by atoms with van der Waals surface area (Å²) in [6.07, 6.45) is 0. The van der Waals surface area contributed by atoms with E-state index in [2.05, 4.69) is 4.98 Å². The van der Waals surface area contributed by atoms with E-state index in [1.165, 1.54) is 12.1 Å². The number of rotatable bonds is 4. The van der Waals surface area contributed by atoms with Crippen molar-refractivity contribution in [2.75, 3.05) is 0 Å². The van der Waals surface area contributed by atoms with Crippen LogP contribution in [-0.4, -0.2) is 31.9 Å². The van der Waals surface area contributed by atoms with Gasteiger partial charge < -0.3 is 15.2 Å². The molecule has 0 spiro atoms. The molecule has 1 heterocycles. The first-order chi connectivity index (χ1) is 17.0. The normalized spacial score (nSPS) is 11.8. The van der Waals surface area contributed by atoms with Crippen molar-refractivity contribution in [2.45, 2.75) is 0 Å². The van der Waals surface area contributed by atoms with E-state index < -0.39 is 5.97 Å². The molecular formula is C29H18N2O4. The summed E-state index contributed by atoms with van der Waals surface area (Å²) in [4.78, 5) is 32.9. The summed E-state index contributed by atoms with van der Waals surface area (Å²) in [5, 5.41) is 19.0. The summed E-state index contributed by atoms with van der Waals surface area (Å²) in [5.74, 6) is -0.454. The number of hydrogen-bond donors (Lipinski definition) is 3. The Morgan fingerprint density at radius 2 is 1.37 bits per heavy atom. The lowest BCUT2D eigenvalue weighted by Crippen LogP contribution is -2.00. The molecule has 1 aromatic heterocycles. The highest BCUT2D eigenvalue weighted by Crippen LogP contribution is 2.41. The number of aromatic hydroxyl groups is 1. The van der Waals surface area contributed by atoms with E-state index in [9.17, 15) is 19.8 Å². The number of benzene rings is 4. The van der Waals surface area contributed by atoms with Crippen LogP contribution >= 0.6 is 0 Å². The number of aromatic nitrogens is 2. The largest absolute Gasteiger partial charge is 0.508 e. The fourth-order valence-electron chi connectivity index (χ4n) is 4.51. The molecule has 1 aliphatic carbocycles. The number of carboxylic acid groups (broad SMARTS) is 1. The predicted molar refractivity (Wildman–Crippen MR) is 132 cm³/mol. The lowest BCUT2D eigenvalue weighted by atomic mass is 9.99. The molecule has 6 heteroatoms. The monoisotopic (exact) mass is 458 g/mol. The zero-order valence-electron chi connectivity index (χ0n) is 18.3. The Kier molecular flexibility index (Phi) is 4.60. The van der Waals surface area contributed by atoms with Crippen LogP contribution in [0.15, 0.2) is 91.0 Å². The Labute approximate surface area is 200 Å². The molecule has 0 bridgehead atoms. The smallest absolute Gasteiger partial charge is 0.335 e. The molecule has 0 fully saturated rings. The van der Waals surface area contributed by atoms with Gasteiger partial charge in [0.2, 0.25) is 0 Å². The third-order valence-electron chi connectivity index (χ3n) is 6.25. The van der Waals surface area contributed by atoms with Crippen molar-refractivity contribution in [1.82, 2.24) is 9.97 Å². The van der Waals surface area contributed by atoms with E-state index in [0.717, 1.165) is 33.5 Å². The van der Waals surface area contributed by atoms with Crippen molar-refractivity contribution in [3.63, 3.8) is 0 Å². The number of imidazole rings is 1. The van der Waals surface area contributed by atoms with Gasteiger partial charge in [0.15, 0.2) is 5.78 Å². The maximum atomic E-state index is 13.2. The van der Waals surface area contributed by atoms with Gasteiger partial charge in [0.05, 0.1) is 17.0 Å². The van der Waals surface area contributed by atoms with Gasteiger partial charge in [-0.2, -0.15) is 0 Å². The van der Waals surface area contributed by atoms with Gasteiger partial charge >= 0.3 is 5.97 Å². The molecule has 0 radical (unpaired) electrons. The van der Waals surface area contributed by atoms with Gasteiger partial charge in [-0.15, -0.1) is 0 Å². The molecule has 3 N–H and O–H groups in total. The summed E-state index contributed by atoms with van der Waals surface area (Å²) in [5.41, 5.74) is 6.55. The molecule has 0 saturated carbocycles. The van der Waals surface area contributed by atoms with Crippen LogP contribution in [0.25, 0.3) is 45.0 Å². The Balaban J connectivity index is 1.49. The fourth-order valence-corrected chi connectivity index (χ4v) is 4.51. The first kappa shape index (κ1) is 20.6. The van der Waals surface area contributed by atoms with E-state index in [0.29, 0.717) is 22.6 Å². The average Bonchev–Trinajstić information content (AvgIpc) is 3.45. The average molecular weight is 458 g/mol. The minimum Gasteiger partial charge on any atom is -0.508 e. The van der Waals surface area contributed by atoms with Crippen LogP contribution in [-0.2, 0) is 0 Å². The third kappa shape index (κ3) is 3.40. The second-order valence-electron chi connectivity index (χ2n) is 8.38. The Hall–Kier alpha value is -4.97. The maximum absolute atomic E-state index is 13.2. The standard InChI is InChI=1S/C29H18N2O4/c32-20-10-6-17(7-11-20)28-30-25(16-4-2-1-3-5-16)26(31-28)18-8-12-21-22-13-9-19(29(34)35)15-24(22)27(33)23(21)14-18/h1-15,32H,(H,30,31)(H,34,35). The molecule has 0 amide bonds. The third-order valence-corrected chi connectivity index (χ3v) is 6.25. The summed E-state index contributed by atoms with van der Waals surface area (Å²) >= 11 is 0. The number of carbonyl (C=O) groups excluding carboxylic acids is 1. The molecule has 5 aromatic rings. The highest BCUT2D eigenvalue weighted by atomic mass is 16.4. The number of carbonyl (C=O) groups is 2. The molecule has 168 valence electrons. The number of fused-ring (bicyclic) bond motifs is 3. The van der Waals surface area contributed by atoms with Gasteiger partial charge in [-0.3, -0.25) is 4.79 Å². The topological polar surface area (TPSA) is 103 Å². The van der Waals surface area contributed by atoms with Crippen molar-refractivity contribution in [1.29, 1.82) is 0 Å². The SMILES string of the molecule is O=C(O)c1ccc2c(c1)C(=O)c1cc(-c3nc(-c4ccc(O)cc4)[nH]c3-c3ccccc3)ccc1-2. The minimum absolute atomic E-state index is 0.0855. The summed E-state index contributed by atoms with van der Waals surface area (Å²) in [6.45, 7) is 0. The van der Waals surface area contributed by atoms with Crippen molar-refractivity contribution in [3.05, 3.63) is 108 Å². The second-order valence-corrected chi connectivity index (χ2v) is 8.38. The van der Waals surface area contributed by atoms with Crippen molar-refractivity contribution < 1.29 is 19.8 Å². The number of ketones is 1. The molecule has 1 aliphatic rings. The van der Waals surface area contributed by atoms with Gasteiger partial charge in [-0.25, -0.2) is 9.78 Å². The summed E-state index contributed by atoms with van der Waals surface area (Å²) in [7, 11) is 0. The molecule has 4 aromatic carbocycles. The number of aromatic amines is 1. The maximum Gasteiger partial charge on any atom is 0.335 e. The van der Waals surface area contributed by atoms with Crippen LogP contribution in [0.2, 0.25) is 0 Å². The number of H-pyrrole nitrogens is 1. The first-order valence-corrected chi connectivity index (χ1v) is 11.0. The van der Waals surface area contributed by atoms with Crippen LogP contribution in [0.3, 0.4) is 0 Å². The van der Waals surface area contributed by atoms with E-state index in [1.807, 2.05) is 48.5 Å². The van der Waals surface area contributed by atoms with Gasteiger partial charge in [-0.05, 0) is 53.6 Å². The van der Waals surface area contributed by atoms with Crippen molar-refractivity contribution in [3.8, 4) is 50.8 Å². The zero-order valence-corrected chi connectivity index (χ0v) is 18.3. The fraction of sp³-hybridized carbons (Fsp3) is 0. The Morgan fingerprint density at radius 3 is 2.09 bits per heavy atom.